The molecule has 7 heteroatoms. The van der Waals surface area contributed by atoms with Crippen molar-refractivity contribution < 1.29 is 9.13 Å². The molecule has 4 rings (SSSR count). The van der Waals surface area contributed by atoms with Crippen molar-refractivity contribution in [2.75, 3.05) is 18.6 Å². The molecule has 1 aliphatic heterocycles. The van der Waals surface area contributed by atoms with Gasteiger partial charge in [0.2, 0.25) is 0 Å². The first-order valence-corrected chi connectivity index (χ1v) is 7.85. The van der Waals surface area contributed by atoms with Gasteiger partial charge < -0.3 is 14.2 Å². The number of pyridine rings is 1. The number of rotatable bonds is 3. The van der Waals surface area contributed by atoms with Crippen LogP contribution < -0.4 is 4.90 Å². The van der Waals surface area contributed by atoms with Crippen molar-refractivity contribution >= 4 is 16.6 Å². The van der Waals surface area contributed by atoms with Crippen molar-refractivity contribution in [3.05, 3.63) is 48.4 Å². The molecule has 2 atom stereocenters. The minimum Gasteiger partial charge on any atom is -0.380 e. The molecule has 0 amide bonds. The summed E-state index contributed by atoms with van der Waals surface area (Å²) in [5.74, 6) is 0.558. The molecule has 3 heterocycles. The lowest BCUT2D eigenvalue weighted by Gasteiger charge is -2.26. The fourth-order valence-corrected chi connectivity index (χ4v) is 3.45. The Morgan fingerprint density at radius 2 is 2.17 bits per heavy atom. The highest BCUT2D eigenvalue weighted by molar-refractivity contribution is 5.92. The second-order valence-electron chi connectivity index (χ2n) is 6.03. The lowest BCUT2D eigenvalue weighted by atomic mass is 10.1. The molecule has 0 saturated carbocycles. The third kappa shape index (κ3) is 2.32. The number of nitrogens with zero attached hydrogens (tertiary/aromatic N) is 5. The summed E-state index contributed by atoms with van der Waals surface area (Å²) in [5, 5.41) is 9.05. The topological polar surface area (TPSA) is 56.1 Å². The summed E-state index contributed by atoms with van der Waals surface area (Å²) >= 11 is 0. The normalized spacial score (nSPS) is 20.9. The minimum atomic E-state index is -0.313. The summed E-state index contributed by atoms with van der Waals surface area (Å²) in [4.78, 5) is 6.40. The second kappa shape index (κ2) is 5.83. The van der Waals surface area contributed by atoms with Gasteiger partial charge in [0, 0.05) is 44.4 Å². The van der Waals surface area contributed by atoms with E-state index in [1.165, 1.54) is 6.07 Å². The van der Waals surface area contributed by atoms with Crippen LogP contribution in [0.25, 0.3) is 10.9 Å². The molecule has 1 aromatic carbocycles. The van der Waals surface area contributed by atoms with Crippen LogP contribution in [0.5, 0.6) is 0 Å². The first-order chi connectivity index (χ1) is 11.7. The molecule has 0 bridgehead atoms. The van der Waals surface area contributed by atoms with Gasteiger partial charge in [0.1, 0.15) is 17.7 Å². The first-order valence-electron chi connectivity index (χ1n) is 7.85. The smallest absolute Gasteiger partial charge is 0.155 e. The Labute approximate surface area is 138 Å². The number of fused-ring (bicyclic) bond motifs is 1. The van der Waals surface area contributed by atoms with E-state index in [0.29, 0.717) is 12.1 Å². The van der Waals surface area contributed by atoms with Gasteiger partial charge in [-0.3, -0.25) is 4.98 Å². The van der Waals surface area contributed by atoms with Crippen molar-refractivity contribution in [1.29, 1.82) is 0 Å². The molecule has 0 spiro atoms. The van der Waals surface area contributed by atoms with Gasteiger partial charge in [-0.2, -0.15) is 0 Å². The molecule has 0 aliphatic carbocycles. The summed E-state index contributed by atoms with van der Waals surface area (Å²) in [6.07, 6.45) is 4.23. The number of para-hydroxylation sites is 1. The molecular formula is C17H18FN5O. The van der Waals surface area contributed by atoms with Crippen LogP contribution in [0, 0.1) is 5.82 Å². The zero-order valence-corrected chi connectivity index (χ0v) is 13.6. The predicted octanol–water partition coefficient (Wildman–Crippen LogP) is 2.47. The maximum Gasteiger partial charge on any atom is 0.155 e. The Morgan fingerprint density at radius 3 is 2.92 bits per heavy atom. The molecule has 24 heavy (non-hydrogen) atoms. The standard InChI is InChI=1S/C17H18FN5O/c1-22-10-20-21-17(22)15-8-11(24-2)9-23(15)14-6-7-19-16-12(14)4-3-5-13(16)18/h3-7,10-11,15H,8-9H2,1-2H3/t11-,15+/m1/s1. The van der Waals surface area contributed by atoms with Crippen molar-refractivity contribution in [3.8, 4) is 0 Å². The Bertz CT molecular complexity index is 880. The third-order valence-corrected chi connectivity index (χ3v) is 4.65. The highest BCUT2D eigenvalue weighted by Crippen LogP contribution is 2.39. The van der Waals surface area contributed by atoms with Gasteiger partial charge in [0.25, 0.3) is 0 Å². The maximum absolute atomic E-state index is 14.1. The number of hydrogen-bond acceptors (Lipinski definition) is 5. The number of aromatic nitrogens is 4. The lowest BCUT2D eigenvalue weighted by molar-refractivity contribution is 0.118. The van der Waals surface area contributed by atoms with Gasteiger partial charge in [-0.05, 0) is 12.1 Å². The first kappa shape index (κ1) is 15.0. The number of aryl methyl sites for hydroxylation is 1. The fourth-order valence-electron chi connectivity index (χ4n) is 3.45. The molecule has 6 nitrogen and oxygen atoms in total. The molecular weight excluding hydrogens is 309 g/mol. The maximum atomic E-state index is 14.1. The number of methoxy groups -OCH3 is 1. The van der Waals surface area contributed by atoms with Crippen LogP contribution in [0.4, 0.5) is 10.1 Å². The monoisotopic (exact) mass is 327 g/mol. The highest BCUT2D eigenvalue weighted by Gasteiger charge is 2.36. The molecule has 3 aromatic rings. The Balaban J connectivity index is 1.85. The molecule has 124 valence electrons. The van der Waals surface area contributed by atoms with E-state index in [9.17, 15) is 4.39 Å². The van der Waals surface area contributed by atoms with Crippen molar-refractivity contribution in [2.45, 2.75) is 18.6 Å². The number of benzene rings is 1. The van der Waals surface area contributed by atoms with Crippen molar-refractivity contribution in [3.63, 3.8) is 0 Å². The number of hydrogen-bond donors (Lipinski definition) is 0. The van der Waals surface area contributed by atoms with Gasteiger partial charge in [-0.15, -0.1) is 10.2 Å². The molecule has 0 radical (unpaired) electrons. The Hall–Kier alpha value is -2.54. The molecule has 1 fully saturated rings. The zero-order chi connectivity index (χ0) is 16.7. The van der Waals surface area contributed by atoms with Crippen LogP contribution >= 0.6 is 0 Å². The van der Waals surface area contributed by atoms with Gasteiger partial charge in [0.05, 0.1) is 12.1 Å². The van der Waals surface area contributed by atoms with E-state index in [4.69, 9.17) is 4.74 Å². The van der Waals surface area contributed by atoms with Crippen molar-refractivity contribution in [2.24, 2.45) is 7.05 Å². The average molecular weight is 327 g/mol. The predicted molar refractivity (Wildman–Crippen MR) is 88.2 cm³/mol. The van der Waals surface area contributed by atoms with Gasteiger partial charge in [-0.1, -0.05) is 12.1 Å². The lowest BCUT2D eigenvalue weighted by Crippen LogP contribution is -2.26. The summed E-state index contributed by atoms with van der Waals surface area (Å²) in [6.45, 7) is 0.712. The average Bonchev–Trinajstić information content (AvgIpc) is 3.20. The molecule has 0 unspecified atom stereocenters. The SMILES string of the molecule is CO[C@@H]1C[C@@H](c2nncn2C)N(c2ccnc3c(F)cccc23)C1. The highest BCUT2D eigenvalue weighted by atomic mass is 19.1. The molecule has 2 aromatic heterocycles. The van der Waals surface area contributed by atoms with E-state index in [0.717, 1.165) is 23.3 Å². The van der Waals surface area contributed by atoms with Crippen LogP contribution in [-0.4, -0.2) is 39.5 Å². The third-order valence-electron chi connectivity index (χ3n) is 4.65. The van der Waals surface area contributed by atoms with Crippen LogP contribution in [0.15, 0.2) is 36.8 Å². The molecule has 1 aliphatic rings. The van der Waals surface area contributed by atoms with E-state index in [2.05, 4.69) is 20.1 Å². The van der Waals surface area contributed by atoms with Crippen LogP contribution in [-0.2, 0) is 11.8 Å². The second-order valence-corrected chi connectivity index (χ2v) is 6.03. The van der Waals surface area contributed by atoms with Gasteiger partial charge >= 0.3 is 0 Å². The number of halogens is 1. The summed E-state index contributed by atoms with van der Waals surface area (Å²) < 4.78 is 21.6. The van der Waals surface area contributed by atoms with Crippen LogP contribution in [0.3, 0.4) is 0 Å². The van der Waals surface area contributed by atoms with Crippen molar-refractivity contribution in [1.82, 2.24) is 19.7 Å². The zero-order valence-electron chi connectivity index (χ0n) is 13.6. The van der Waals surface area contributed by atoms with E-state index >= 15 is 0 Å². The Kier molecular flexibility index (Phi) is 3.65. The van der Waals surface area contributed by atoms with E-state index < -0.39 is 0 Å². The number of ether oxygens (including phenoxy) is 1. The van der Waals surface area contributed by atoms with E-state index in [1.807, 2.05) is 23.7 Å². The molecule has 1 saturated heterocycles. The van der Waals surface area contributed by atoms with Gasteiger partial charge in [-0.25, -0.2) is 4.39 Å². The largest absolute Gasteiger partial charge is 0.380 e. The summed E-state index contributed by atoms with van der Waals surface area (Å²) in [6, 6.07) is 6.99. The summed E-state index contributed by atoms with van der Waals surface area (Å²) in [7, 11) is 3.64. The quantitative estimate of drug-likeness (QED) is 0.740. The molecule has 0 N–H and O–H groups in total. The van der Waals surface area contributed by atoms with Crippen LogP contribution in [0.1, 0.15) is 18.3 Å². The van der Waals surface area contributed by atoms with E-state index in [1.54, 1.807) is 25.7 Å². The fraction of sp³-hybridized carbons (Fsp3) is 0.353. The van der Waals surface area contributed by atoms with Gasteiger partial charge in [0.15, 0.2) is 5.82 Å². The summed E-state index contributed by atoms with van der Waals surface area (Å²) in [5.41, 5.74) is 1.32. The number of anilines is 1. The minimum absolute atomic E-state index is 0.0244. The van der Waals surface area contributed by atoms with Crippen LogP contribution in [0.2, 0.25) is 0 Å². The Morgan fingerprint density at radius 1 is 1.29 bits per heavy atom. The van der Waals surface area contributed by atoms with E-state index in [-0.39, 0.29) is 18.0 Å².